The van der Waals surface area contributed by atoms with E-state index in [1.54, 1.807) is 12.1 Å². The lowest BCUT2D eigenvalue weighted by atomic mass is 10.2. The molecule has 30 heavy (non-hydrogen) atoms. The predicted octanol–water partition coefficient (Wildman–Crippen LogP) is 3.33. The van der Waals surface area contributed by atoms with Crippen molar-refractivity contribution in [1.82, 2.24) is 15.2 Å². The lowest BCUT2D eigenvalue weighted by Crippen LogP contribution is -2.37. The number of hydrogen-bond donors (Lipinski definition) is 2. The van der Waals surface area contributed by atoms with Crippen LogP contribution in [0.15, 0.2) is 66.0 Å². The number of carbonyl (C=O) groups is 2. The largest absolute Gasteiger partial charge is 0.352 e. The summed E-state index contributed by atoms with van der Waals surface area (Å²) in [5.74, 6) is -0.238. The van der Waals surface area contributed by atoms with Gasteiger partial charge in [-0.25, -0.2) is 4.98 Å². The summed E-state index contributed by atoms with van der Waals surface area (Å²) >= 11 is 1.33. The highest BCUT2D eigenvalue weighted by Gasteiger charge is 2.24. The summed E-state index contributed by atoms with van der Waals surface area (Å²) < 4.78 is 0. The van der Waals surface area contributed by atoms with E-state index in [9.17, 15) is 9.59 Å². The maximum Gasteiger partial charge on any atom is 0.257 e. The van der Waals surface area contributed by atoms with Crippen LogP contribution in [0.2, 0.25) is 0 Å². The number of thiazole rings is 1. The van der Waals surface area contributed by atoms with Crippen LogP contribution in [0.1, 0.15) is 28.0 Å². The molecule has 1 saturated heterocycles. The zero-order valence-corrected chi connectivity index (χ0v) is 17.4. The molecule has 6 nitrogen and oxygen atoms in total. The Morgan fingerprint density at radius 1 is 1.07 bits per heavy atom. The minimum atomic E-state index is -0.203. The first-order chi connectivity index (χ1) is 14.7. The van der Waals surface area contributed by atoms with Crippen LogP contribution in [0.25, 0.3) is 0 Å². The van der Waals surface area contributed by atoms with Gasteiger partial charge in [0.05, 0.1) is 12.1 Å². The van der Waals surface area contributed by atoms with Crippen molar-refractivity contribution in [1.29, 1.82) is 0 Å². The van der Waals surface area contributed by atoms with Crippen LogP contribution in [-0.4, -0.2) is 40.8 Å². The minimum Gasteiger partial charge on any atom is -0.352 e. The van der Waals surface area contributed by atoms with E-state index in [0.717, 1.165) is 26.1 Å². The summed E-state index contributed by atoms with van der Waals surface area (Å²) in [5, 5.41) is 8.22. The van der Waals surface area contributed by atoms with E-state index in [2.05, 4.69) is 44.8 Å². The highest BCUT2D eigenvalue weighted by atomic mass is 32.1. The molecule has 2 amide bonds. The second-order valence-electron chi connectivity index (χ2n) is 7.41. The average Bonchev–Trinajstić information content (AvgIpc) is 3.38. The maximum atomic E-state index is 12.4. The molecular formula is C23H24N4O2S. The highest BCUT2D eigenvalue weighted by Crippen LogP contribution is 2.18. The summed E-state index contributed by atoms with van der Waals surface area (Å²) in [6.07, 6.45) is 1.17. The molecule has 0 bridgehead atoms. The van der Waals surface area contributed by atoms with Crippen molar-refractivity contribution < 1.29 is 9.59 Å². The fraction of sp³-hybridized carbons (Fsp3) is 0.261. The monoisotopic (exact) mass is 420 g/mol. The number of hydrogen-bond acceptors (Lipinski definition) is 5. The first kappa shape index (κ1) is 20.3. The van der Waals surface area contributed by atoms with Gasteiger partial charge < -0.3 is 5.32 Å². The van der Waals surface area contributed by atoms with E-state index in [-0.39, 0.29) is 24.3 Å². The molecule has 2 aromatic carbocycles. The first-order valence-electron chi connectivity index (χ1n) is 10.0. The SMILES string of the molecule is O=C(Cc1csc(NC(=O)c2ccccc2)n1)N[C@H]1CCN(Cc2ccccc2)C1. The van der Waals surface area contributed by atoms with Gasteiger partial charge in [-0.15, -0.1) is 11.3 Å². The normalized spacial score (nSPS) is 16.3. The van der Waals surface area contributed by atoms with Crippen LogP contribution in [0.3, 0.4) is 0 Å². The molecule has 0 saturated carbocycles. The Morgan fingerprint density at radius 2 is 1.80 bits per heavy atom. The van der Waals surface area contributed by atoms with E-state index in [1.165, 1.54) is 16.9 Å². The van der Waals surface area contributed by atoms with Gasteiger partial charge in [0.25, 0.3) is 5.91 Å². The van der Waals surface area contributed by atoms with Crippen molar-refractivity contribution in [3.05, 3.63) is 82.9 Å². The highest BCUT2D eigenvalue weighted by molar-refractivity contribution is 7.14. The lowest BCUT2D eigenvalue weighted by Gasteiger charge is -2.16. The van der Waals surface area contributed by atoms with Crippen LogP contribution in [-0.2, 0) is 17.8 Å². The van der Waals surface area contributed by atoms with Crippen molar-refractivity contribution in [3.8, 4) is 0 Å². The molecule has 7 heteroatoms. The second kappa shape index (κ2) is 9.65. The quantitative estimate of drug-likeness (QED) is 0.615. The topological polar surface area (TPSA) is 74.3 Å². The lowest BCUT2D eigenvalue weighted by molar-refractivity contribution is -0.121. The number of likely N-dealkylation sites (tertiary alicyclic amines) is 1. The molecule has 154 valence electrons. The van der Waals surface area contributed by atoms with Crippen LogP contribution < -0.4 is 10.6 Å². The Balaban J connectivity index is 1.23. The fourth-order valence-electron chi connectivity index (χ4n) is 3.58. The van der Waals surface area contributed by atoms with Crippen molar-refractivity contribution in [2.75, 3.05) is 18.4 Å². The van der Waals surface area contributed by atoms with Gasteiger partial charge in [0, 0.05) is 36.6 Å². The summed E-state index contributed by atoms with van der Waals surface area (Å²) in [6.45, 7) is 2.74. The smallest absolute Gasteiger partial charge is 0.257 e. The van der Waals surface area contributed by atoms with E-state index in [4.69, 9.17) is 0 Å². The second-order valence-corrected chi connectivity index (χ2v) is 8.27. The Kier molecular flexibility index (Phi) is 6.51. The molecule has 2 heterocycles. The number of carbonyl (C=O) groups excluding carboxylic acids is 2. The summed E-state index contributed by atoms with van der Waals surface area (Å²) in [6, 6.07) is 19.5. The van der Waals surface area contributed by atoms with Crippen molar-refractivity contribution in [3.63, 3.8) is 0 Å². The van der Waals surface area contributed by atoms with Gasteiger partial charge in [-0.2, -0.15) is 0 Å². The molecule has 4 rings (SSSR count). The molecule has 3 aromatic rings. The van der Waals surface area contributed by atoms with Gasteiger partial charge in [0.2, 0.25) is 5.91 Å². The van der Waals surface area contributed by atoms with Gasteiger partial charge >= 0.3 is 0 Å². The van der Waals surface area contributed by atoms with Crippen molar-refractivity contribution in [2.24, 2.45) is 0 Å². The van der Waals surface area contributed by atoms with Gasteiger partial charge in [-0.3, -0.25) is 19.8 Å². The zero-order chi connectivity index (χ0) is 20.8. The number of benzene rings is 2. The van der Waals surface area contributed by atoms with E-state index in [0.29, 0.717) is 16.4 Å². The molecule has 0 radical (unpaired) electrons. The van der Waals surface area contributed by atoms with Crippen LogP contribution in [0.4, 0.5) is 5.13 Å². The number of aromatic nitrogens is 1. The van der Waals surface area contributed by atoms with Crippen LogP contribution >= 0.6 is 11.3 Å². The van der Waals surface area contributed by atoms with Crippen molar-refractivity contribution in [2.45, 2.75) is 25.4 Å². The number of amides is 2. The Bertz CT molecular complexity index is 991. The molecule has 1 fully saturated rings. The minimum absolute atomic E-state index is 0.0344. The Labute approximate surface area is 180 Å². The summed E-state index contributed by atoms with van der Waals surface area (Å²) in [7, 11) is 0. The van der Waals surface area contributed by atoms with E-state index < -0.39 is 0 Å². The number of rotatable bonds is 7. The third kappa shape index (κ3) is 5.52. The summed E-state index contributed by atoms with van der Waals surface area (Å²) in [4.78, 5) is 31.4. The van der Waals surface area contributed by atoms with Gasteiger partial charge in [0.15, 0.2) is 5.13 Å². The van der Waals surface area contributed by atoms with Crippen LogP contribution in [0, 0.1) is 0 Å². The van der Waals surface area contributed by atoms with Gasteiger partial charge in [-0.1, -0.05) is 48.5 Å². The molecular weight excluding hydrogens is 396 g/mol. The van der Waals surface area contributed by atoms with E-state index in [1.807, 2.05) is 29.6 Å². The fourth-order valence-corrected chi connectivity index (χ4v) is 4.29. The zero-order valence-electron chi connectivity index (χ0n) is 16.6. The Morgan fingerprint density at radius 3 is 2.57 bits per heavy atom. The number of nitrogens with zero attached hydrogens (tertiary/aromatic N) is 2. The van der Waals surface area contributed by atoms with Crippen molar-refractivity contribution >= 4 is 28.3 Å². The van der Waals surface area contributed by atoms with E-state index >= 15 is 0 Å². The molecule has 1 aliphatic heterocycles. The van der Waals surface area contributed by atoms with Crippen LogP contribution in [0.5, 0.6) is 0 Å². The molecule has 0 unspecified atom stereocenters. The standard InChI is InChI=1S/C23H24N4O2S/c28-21(24-19-11-12-27(15-19)14-17-7-3-1-4-8-17)13-20-16-30-23(25-20)26-22(29)18-9-5-2-6-10-18/h1-10,16,19H,11-15H2,(H,24,28)(H,25,26,29)/t19-/m0/s1. The third-order valence-corrected chi connectivity index (χ3v) is 5.84. The molecule has 1 aromatic heterocycles. The third-order valence-electron chi connectivity index (χ3n) is 5.04. The van der Waals surface area contributed by atoms with Gasteiger partial charge in [-0.05, 0) is 24.1 Å². The molecule has 1 atom stereocenters. The number of anilines is 1. The molecule has 2 N–H and O–H groups in total. The molecule has 1 aliphatic rings. The maximum absolute atomic E-state index is 12.4. The Hall–Kier alpha value is -3.03. The summed E-state index contributed by atoms with van der Waals surface area (Å²) in [5.41, 5.74) is 2.53. The number of nitrogens with one attached hydrogen (secondary N) is 2. The molecule has 0 aliphatic carbocycles. The average molecular weight is 421 g/mol. The van der Waals surface area contributed by atoms with Gasteiger partial charge in [0.1, 0.15) is 0 Å². The predicted molar refractivity (Wildman–Crippen MR) is 118 cm³/mol. The first-order valence-corrected chi connectivity index (χ1v) is 10.9. The molecule has 0 spiro atoms.